The minimum atomic E-state index is -0.0864. The zero-order valence-electron chi connectivity index (χ0n) is 12.0. The highest BCUT2D eigenvalue weighted by Gasteiger charge is 2.61. The van der Waals surface area contributed by atoms with Crippen molar-refractivity contribution in [2.45, 2.75) is 64.9 Å². The van der Waals surface area contributed by atoms with E-state index in [1.165, 1.54) is 32.0 Å². The third kappa shape index (κ3) is 1.47. The molecule has 0 bridgehead atoms. The minimum Gasteiger partial charge on any atom is -0.375 e. The molecular weight excluding hydrogens is 224 g/mol. The second kappa shape index (κ2) is 3.82. The molecule has 0 aromatic heterocycles. The van der Waals surface area contributed by atoms with E-state index < -0.39 is 0 Å². The van der Waals surface area contributed by atoms with Crippen molar-refractivity contribution in [3.8, 4) is 0 Å². The Hall–Kier alpha value is -0.370. The standard InChI is InChI=1S/C16H26O2/c1-14(11-17)7-4-8-15(2)12(14)5-9-16(3)13(15)6-10-18-16/h11-13H,4-10H2,1-3H3/t12?,13-,14-,15+,16-/m1/s1. The maximum atomic E-state index is 11.6. The van der Waals surface area contributed by atoms with Crippen molar-refractivity contribution in [3.05, 3.63) is 0 Å². The Morgan fingerprint density at radius 2 is 1.83 bits per heavy atom. The number of carbonyl (C=O) groups excluding carboxylic acids is 1. The summed E-state index contributed by atoms with van der Waals surface area (Å²) in [5.74, 6) is 1.22. The van der Waals surface area contributed by atoms with E-state index in [4.69, 9.17) is 4.74 Å². The first kappa shape index (κ1) is 12.7. The lowest BCUT2D eigenvalue weighted by Gasteiger charge is -2.59. The van der Waals surface area contributed by atoms with E-state index in [9.17, 15) is 4.79 Å². The first-order valence-corrected chi connectivity index (χ1v) is 7.55. The molecule has 1 unspecified atom stereocenters. The van der Waals surface area contributed by atoms with Crippen molar-refractivity contribution >= 4 is 6.29 Å². The molecule has 102 valence electrons. The van der Waals surface area contributed by atoms with Crippen molar-refractivity contribution in [1.29, 1.82) is 0 Å². The molecule has 0 N–H and O–H groups in total. The van der Waals surface area contributed by atoms with Crippen molar-refractivity contribution in [3.63, 3.8) is 0 Å². The van der Waals surface area contributed by atoms with Gasteiger partial charge in [-0.15, -0.1) is 0 Å². The third-order valence-corrected chi connectivity index (χ3v) is 6.59. The molecule has 2 heteroatoms. The Morgan fingerprint density at radius 3 is 2.56 bits per heavy atom. The lowest BCUT2D eigenvalue weighted by molar-refractivity contribution is -0.158. The van der Waals surface area contributed by atoms with E-state index in [2.05, 4.69) is 20.8 Å². The molecule has 1 heterocycles. The summed E-state index contributed by atoms with van der Waals surface area (Å²) < 4.78 is 6.07. The lowest BCUT2D eigenvalue weighted by Crippen LogP contribution is -2.56. The van der Waals surface area contributed by atoms with Crippen LogP contribution < -0.4 is 0 Å². The fraction of sp³-hybridized carbons (Fsp3) is 0.938. The Morgan fingerprint density at radius 1 is 1.06 bits per heavy atom. The topological polar surface area (TPSA) is 26.3 Å². The molecule has 3 fully saturated rings. The van der Waals surface area contributed by atoms with Gasteiger partial charge in [-0.05, 0) is 56.3 Å². The Labute approximate surface area is 110 Å². The van der Waals surface area contributed by atoms with Crippen LogP contribution >= 0.6 is 0 Å². The number of aldehydes is 1. The molecule has 3 aliphatic rings. The van der Waals surface area contributed by atoms with Crippen LogP contribution in [0.5, 0.6) is 0 Å². The van der Waals surface area contributed by atoms with Gasteiger partial charge in [0.2, 0.25) is 0 Å². The van der Waals surface area contributed by atoms with Crippen LogP contribution in [0.2, 0.25) is 0 Å². The van der Waals surface area contributed by atoms with Crippen LogP contribution in [0.15, 0.2) is 0 Å². The van der Waals surface area contributed by atoms with E-state index in [0.717, 1.165) is 19.4 Å². The van der Waals surface area contributed by atoms with Crippen molar-refractivity contribution in [2.24, 2.45) is 22.7 Å². The first-order chi connectivity index (χ1) is 8.45. The van der Waals surface area contributed by atoms with Gasteiger partial charge in [-0.1, -0.05) is 20.3 Å². The van der Waals surface area contributed by atoms with Crippen LogP contribution in [0.25, 0.3) is 0 Å². The highest BCUT2D eigenvalue weighted by atomic mass is 16.5. The van der Waals surface area contributed by atoms with Gasteiger partial charge in [-0.25, -0.2) is 0 Å². The lowest BCUT2D eigenvalue weighted by atomic mass is 9.45. The molecule has 0 radical (unpaired) electrons. The van der Waals surface area contributed by atoms with Crippen molar-refractivity contribution < 1.29 is 9.53 Å². The molecule has 2 nitrogen and oxygen atoms in total. The molecule has 1 saturated heterocycles. The zero-order chi connectivity index (χ0) is 13.0. The molecule has 1 aliphatic heterocycles. The van der Waals surface area contributed by atoms with Gasteiger partial charge < -0.3 is 9.53 Å². The molecule has 5 atom stereocenters. The smallest absolute Gasteiger partial charge is 0.126 e. The number of rotatable bonds is 1. The van der Waals surface area contributed by atoms with Crippen molar-refractivity contribution in [1.82, 2.24) is 0 Å². The maximum absolute atomic E-state index is 11.6. The number of ether oxygens (including phenoxy) is 1. The summed E-state index contributed by atoms with van der Waals surface area (Å²) in [6.45, 7) is 7.86. The fourth-order valence-corrected chi connectivity index (χ4v) is 5.69. The van der Waals surface area contributed by atoms with Gasteiger partial charge >= 0.3 is 0 Å². The van der Waals surface area contributed by atoms with E-state index in [-0.39, 0.29) is 11.0 Å². The highest BCUT2D eigenvalue weighted by molar-refractivity contribution is 5.60. The predicted octanol–water partition coefficient (Wildman–Crippen LogP) is 3.59. The molecule has 2 saturated carbocycles. The normalized spacial score (nSPS) is 55.7. The fourth-order valence-electron chi connectivity index (χ4n) is 5.69. The number of carbonyl (C=O) groups is 1. The van der Waals surface area contributed by atoms with Crippen LogP contribution in [0.4, 0.5) is 0 Å². The second-order valence-electron chi connectivity index (χ2n) is 7.58. The van der Waals surface area contributed by atoms with Gasteiger partial charge in [0.25, 0.3) is 0 Å². The number of hydrogen-bond acceptors (Lipinski definition) is 2. The van der Waals surface area contributed by atoms with Gasteiger partial charge in [0.15, 0.2) is 0 Å². The number of fused-ring (bicyclic) bond motifs is 3. The summed E-state index contributed by atoms with van der Waals surface area (Å²) >= 11 is 0. The van der Waals surface area contributed by atoms with E-state index in [0.29, 0.717) is 17.3 Å². The molecular formula is C16H26O2. The molecule has 0 aromatic rings. The maximum Gasteiger partial charge on any atom is 0.126 e. The van der Waals surface area contributed by atoms with E-state index >= 15 is 0 Å². The average molecular weight is 250 g/mol. The Balaban J connectivity index is 1.99. The average Bonchev–Trinajstić information content (AvgIpc) is 2.72. The predicted molar refractivity (Wildman–Crippen MR) is 71.3 cm³/mol. The molecule has 0 spiro atoms. The molecule has 3 rings (SSSR count). The van der Waals surface area contributed by atoms with E-state index in [1.807, 2.05) is 0 Å². The van der Waals surface area contributed by atoms with Gasteiger partial charge in [0, 0.05) is 12.0 Å². The SMILES string of the molecule is C[C@]1(C=O)CCC[C@@]2(C)C1CC[C@@]1(C)OCC[C@@H]12. The summed E-state index contributed by atoms with van der Waals surface area (Å²) in [4.78, 5) is 11.6. The summed E-state index contributed by atoms with van der Waals surface area (Å²) in [5, 5.41) is 0. The van der Waals surface area contributed by atoms with Crippen LogP contribution in [-0.4, -0.2) is 18.5 Å². The van der Waals surface area contributed by atoms with Crippen LogP contribution in [0.1, 0.15) is 59.3 Å². The Kier molecular flexibility index (Phi) is 2.68. The summed E-state index contributed by atoms with van der Waals surface area (Å²) in [6, 6.07) is 0. The van der Waals surface area contributed by atoms with Gasteiger partial charge in [0.05, 0.1) is 5.60 Å². The highest BCUT2D eigenvalue weighted by Crippen LogP contribution is 2.64. The molecule has 18 heavy (non-hydrogen) atoms. The quantitative estimate of drug-likeness (QED) is 0.665. The van der Waals surface area contributed by atoms with Crippen LogP contribution in [0, 0.1) is 22.7 Å². The summed E-state index contributed by atoms with van der Waals surface area (Å²) in [7, 11) is 0. The third-order valence-electron chi connectivity index (χ3n) is 6.59. The molecule has 2 aliphatic carbocycles. The largest absolute Gasteiger partial charge is 0.375 e. The second-order valence-corrected chi connectivity index (χ2v) is 7.58. The zero-order valence-corrected chi connectivity index (χ0v) is 12.0. The summed E-state index contributed by atoms with van der Waals surface area (Å²) in [6.07, 6.45) is 8.33. The monoisotopic (exact) mass is 250 g/mol. The Bertz CT molecular complexity index is 366. The first-order valence-electron chi connectivity index (χ1n) is 7.55. The molecule has 0 aromatic carbocycles. The molecule has 0 amide bonds. The van der Waals surface area contributed by atoms with Gasteiger partial charge in [-0.2, -0.15) is 0 Å². The van der Waals surface area contributed by atoms with Crippen molar-refractivity contribution in [2.75, 3.05) is 6.61 Å². The minimum absolute atomic E-state index is 0.0864. The van der Waals surface area contributed by atoms with Crippen LogP contribution in [-0.2, 0) is 9.53 Å². The van der Waals surface area contributed by atoms with E-state index in [1.54, 1.807) is 0 Å². The van der Waals surface area contributed by atoms with Gasteiger partial charge in [-0.3, -0.25) is 0 Å². The van der Waals surface area contributed by atoms with Crippen LogP contribution in [0.3, 0.4) is 0 Å². The van der Waals surface area contributed by atoms with Gasteiger partial charge in [0.1, 0.15) is 6.29 Å². The summed E-state index contributed by atoms with van der Waals surface area (Å²) in [5.41, 5.74) is 0.320. The number of hydrogen-bond donors (Lipinski definition) is 0.